The van der Waals surface area contributed by atoms with Crippen LogP contribution in [-0.4, -0.2) is 22.5 Å². The van der Waals surface area contributed by atoms with Crippen LogP contribution in [0.2, 0.25) is 5.02 Å². The summed E-state index contributed by atoms with van der Waals surface area (Å²) in [6.45, 7) is 0.495. The molecule has 0 fully saturated rings. The summed E-state index contributed by atoms with van der Waals surface area (Å²) in [7, 11) is 0. The minimum Gasteiger partial charge on any atom is -0.506 e. The molecule has 0 atom stereocenters. The smallest absolute Gasteiger partial charge is 0.252 e. The van der Waals surface area contributed by atoms with Crippen molar-refractivity contribution in [3.63, 3.8) is 0 Å². The predicted molar refractivity (Wildman–Crippen MR) is 73.4 cm³/mol. The number of pyridine rings is 1. The molecule has 0 spiro atoms. The van der Waals surface area contributed by atoms with Gasteiger partial charge in [-0.1, -0.05) is 23.7 Å². The second-order valence-corrected chi connectivity index (χ2v) is 4.50. The molecule has 1 aromatic heterocycles. The molecule has 0 aliphatic heterocycles. The Morgan fingerprint density at radius 2 is 2.16 bits per heavy atom. The maximum Gasteiger partial charge on any atom is 0.252 e. The molecule has 0 radical (unpaired) electrons. The van der Waals surface area contributed by atoms with Crippen molar-refractivity contribution in [2.45, 2.75) is 6.42 Å². The summed E-state index contributed by atoms with van der Waals surface area (Å²) in [6, 6.07) is 8.87. The summed E-state index contributed by atoms with van der Waals surface area (Å²) in [6.07, 6.45) is 3.38. The summed E-state index contributed by atoms with van der Waals surface area (Å²) in [4.78, 5) is 15.5. The molecule has 1 amide bonds. The van der Waals surface area contributed by atoms with E-state index in [4.69, 9.17) is 11.6 Å². The summed E-state index contributed by atoms with van der Waals surface area (Å²) < 4.78 is 0. The topological polar surface area (TPSA) is 62.2 Å². The van der Waals surface area contributed by atoms with Crippen molar-refractivity contribution in [1.82, 2.24) is 10.3 Å². The molecule has 0 saturated heterocycles. The average molecular weight is 277 g/mol. The standard InChI is InChI=1S/C14H13ClN2O2/c15-12-3-1-2-10(6-12)4-5-17-14(19)11-7-13(18)9-16-8-11/h1-3,6-9,18H,4-5H2,(H,17,19). The van der Waals surface area contributed by atoms with Crippen molar-refractivity contribution in [3.05, 3.63) is 58.9 Å². The summed E-state index contributed by atoms with van der Waals surface area (Å²) in [5.41, 5.74) is 1.40. The van der Waals surface area contributed by atoms with E-state index in [1.54, 1.807) is 0 Å². The fourth-order valence-electron chi connectivity index (χ4n) is 1.67. The second-order valence-electron chi connectivity index (χ2n) is 4.07. The second kappa shape index (κ2) is 6.20. The first-order valence-corrected chi connectivity index (χ1v) is 6.19. The van der Waals surface area contributed by atoms with Crippen LogP contribution in [0.4, 0.5) is 0 Å². The number of carbonyl (C=O) groups excluding carboxylic acids is 1. The highest BCUT2D eigenvalue weighted by Crippen LogP contribution is 2.11. The van der Waals surface area contributed by atoms with Crippen LogP contribution in [0.15, 0.2) is 42.7 Å². The molecule has 2 N–H and O–H groups in total. The van der Waals surface area contributed by atoms with E-state index in [9.17, 15) is 9.90 Å². The zero-order chi connectivity index (χ0) is 13.7. The number of amides is 1. The van der Waals surface area contributed by atoms with Crippen LogP contribution in [0.1, 0.15) is 15.9 Å². The van der Waals surface area contributed by atoms with E-state index >= 15 is 0 Å². The van der Waals surface area contributed by atoms with E-state index in [-0.39, 0.29) is 11.7 Å². The molecule has 0 bridgehead atoms. The minimum atomic E-state index is -0.259. The fourth-order valence-corrected chi connectivity index (χ4v) is 1.88. The number of halogens is 1. The molecule has 2 aromatic rings. The van der Waals surface area contributed by atoms with Gasteiger partial charge in [-0.15, -0.1) is 0 Å². The Morgan fingerprint density at radius 3 is 2.89 bits per heavy atom. The van der Waals surface area contributed by atoms with Crippen molar-refractivity contribution < 1.29 is 9.90 Å². The van der Waals surface area contributed by atoms with Gasteiger partial charge in [-0.05, 0) is 30.2 Å². The van der Waals surface area contributed by atoms with Crippen LogP contribution in [0.3, 0.4) is 0 Å². The van der Waals surface area contributed by atoms with Gasteiger partial charge in [-0.3, -0.25) is 9.78 Å². The van der Waals surface area contributed by atoms with E-state index < -0.39 is 0 Å². The number of rotatable bonds is 4. The van der Waals surface area contributed by atoms with Gasteiger partial charge in [0.2, 0.25) is 0 Å². The van der Waals surface area contributed by atoms with Crippen LogP contribution in [0.5, 0.6) is 5.75 Å². The third-order valence-corrected chi connectivity index (χ3v) is 2.81. The third kappa shape index (κ3) is 3.96. The number of aromatic nitrogens is 1. The van der Waals surface area contributed by atoms with E-state index in [2.05, 4.69) is 10.3 Å². The normalized spacial score (nSPS) is 10.2. The van der Waals surface area contributed by atoms with Gasteiger partial charge < -0.3 is 10.4 Å². The van der Waals surface area contributed by atoms with Crippen molar-refractivity contribution in [2.75, 3.05) is 6.54 Å². The fraction of sp³-hybridized carbons (Fsp3) is 0.143. The molecule has 1 aromatic carbocycles. The Bertz CT molecular complexity index is 587. The Balaban J connectivity index is 1.87. The van der Waals surface area contributed by atoms with E-state index in [0.717, 1.165) is 5.56 Å². The van der Waals surface area contributed by atoms with Gasteiger partial charge in [-0.2, -0.15) is 0 Å². The monoisotopic (exact) mass is 276 g/mol. The number of benzene rings is 1. The van der Waals surface area contributed by atoms with Crippen LogP contribution >= 0.6 is 11.6 Å². The predicted octanol–water partition coefficient (Wildman–Crippen LogP) is 2.41. The number of nitrogens with one attached hydrogen (secondary N) is 1. The Hall–Kier alpha value is -2.07. The van der Waals surface area contributed by atoms with Gasteiger partial charge in [0.1, 0.15) is 5.75 Å². The molecule has 5 heteroatoms. The van der Waals surface area contributed by atoms with Gasteiger partial charge in [-0.25, -0.2) is 0 Å². The quantitative estimate of drug-likeness (QED) is 0.901. The van der Waals surface area contributed by atoms with Crippen molar-refractivity contribution in [1.29, 1.82) is 0 Å². The lowest BCUT2D eigenvalue weighted by Gasteiger charge is -2.05. The molecule has 2 rings (SSSR count). The lowest BCUT2D eigenvalue weighted by Crippen LogP contribution is -2.25. The van der Waals surface area contributed by atoms with E-state index in [1.165, 1.54) is 18.5 Å². The molecule has 0 aliphatic carbocycles. The number of nitrogens with zero attached hydrogens (tertiary/aromatic N) is 1. The molecule has 19 heavy (non-hydrogen) atoms. The van der Waals surface area contributed by atoms with Crippen molar-refractivity contribution in [2.24, 2.45) is 0 Å². The van der Waals surface area contributed by atoms with Gasteiger partial charge in [0.25, 0.3) is 5.91 Å². The van der Waals surface area contributed by atoms with Crippen molar-refractivity contribution in [3.8, 4) is 5.75 Å². The lowest BCUT2D eigenvalue weighted by atomic mass is 10.1. The molecule has 0 aliphatic rings. The first-order chi connectivity index (χ1) is 9.15. The number of aromatic hydroxyl groups is 1. The Morgan fingerprint density at radius 1 is 1.32 bits per heavy atom. The first kappa shape index (κ1) is 13.4. The van der Waals surface area contributed by atoms with Gasteiger partial charge >= 0.3 is 0 Å². The highest BCUT2D eigenvalue weighted by Gasteiger charge is 2.06. The third-order valence-electron chi connectivity index (χ3n) is 2.57. The molecule has 1 heterocycles. The Kier molecular flexibility index (Phi) is 4.36. The average Bonchev–Trinajstić information content (AvgIpc) is 2.38. The highest BCUT2D eigenvalue weighted by molar-refractivity contribution is 6.30. The highest BCUT2D eigenvalue weighted by atomic mass is 35.5. The van der Waals surface area contributed by atoms with Crippen molar-refractivity contribution >= 4 is 17.5 Å². The number of hydrogen-bond acceptors (Lipinski definition) is 3. The van der Waals surface area contributed by atoms with Crippen LogP contribution in [0.25, 0.3) is 0 Å². The maximum absolute atomic E-state index is 11.8. The van der Waals surface area contributed by atoms with Crippen LogP contribution in [-0.2, 0) is 6.42 Å². The van der Waals surface area contributed by atoms with Gasteiger partial charge in [0.15, 0.2) is 0 Å². The van der Waals surface area contributed by atoms with Crippen LogP contribution < -0.4 is 5.32 Å². The molecule has 98 valence electrons. The van der Waals surface area contributed by atoms with Gasteiger partial charge in [0.05, 0.1) is 11.8 Å². The zero-order valence-electron chi connectivity index (χ0n) is 10.1. The SMILES string of the molecule is O=C(NCCc1cccc(Cl)c1)c1cncc(O)c1. The van der Waals surface area contributed by atoms with Gasteiger partial charge in [0, 0.05) is 17.8 Å². The maximum atomic E-state index is 11.8. The zero-order valence-corrected chi connectivity index (χ0v) is 10.9. The summed E-state index contributed by atoms with van der Waals surface area (Å²) >= 11 is 5.88. The Labute approximate surface area is 116 Å². The molecule has 0 unspecified atom stereocenters. The lowest BCUT2D eigenvalue weighted by molar-refractivity contribution is 0.0953. The minimum absolute atomic E-state index is 0.0255. The molecular formula is C14H13ClN2O2. The number of hydrogen-bond donors (Lipinski definition) is 2. The molecule has 0 saturated carbocycles. The first-order valence-electron chi connectivity index (χ1n) is 5.82. The molecular weight excluding hydrogens is 264 g/mol. The molecule has 4 nitrogen and oxygen atoms in total. The van der Waals surface area contributed by atoms with E-state index in [1.807, 2.05) is 24.3 Å². The van der Waals surface area contributed by atoms with Crippen LogP contribution in [0, 0.1) is 0 Å². The largest absolute Gasteiger partial charge is 0.506 e. The number of carbonyl (C=O) groups is 1. The van der Waals surface area contributed by atoms with E-state index in [0.29, 0.717) is 23.6 Å². The summed E-state index contributed by atoms with van der Waals surface area (Å²) in [5, 5.41) is 12.7. The summed E-state index contributed by atoms with van der Waals surface area (Å²) in [5.74, 6) is -0.284.